The van der Waals surface area contributed by atoms with Crippen molar-refractivity contribution in [1.82, 2.24) is 5.32 Å². The van der Waals surface area contributed by atoms with E-state index >= 15 is 0 Å². The molecule has 0 unspecified atom stereocenters. The van der Waals surface area contributed by atoms with Crippen molar-refractivity contribution in [3.8, 4) is 0 Å². The minimum atomic E-state index is -0.0707. The number of hydrogen-bond acceptors (Lipinski definition) is 1. The number of amides is 1. The molecule has 1 aromatic carbocycles. The van der Waals surface area contributed by atoms with Crippen molar-refractivity contribution in [1.29, 1.82) is 0 Å². The first-order valence-electron chi connectivity index (χ1n) is 6.54. The molecule has 0 aliphatic heterocycles. The lowest BCUT2D eigenvalue weighted by Crippen LogP contribution is -2.26. The Kier molecular flexibility index (Phi) is 6.24. The Morgan fingerprint density at radius 2 is 2.00 bits per heavy atom. The van der Waals surface area contributed by atoms with E-state index in [1.54, 1.807) is 6.08 Å². The molecule has 2 nitrogen and oxygen atoms in total. The Balaban J connectivity index is 2.59. The second-order valence-corrected chi connectivity index (χ2v) is 4.57. The third-order valence-corrected chi connectivity index (χ3v) is 3.00. The molecule has 0 saturated heterocycles. The first-order valence-corrected chi connectivity index (χ1v) is 6.54. The number of nitrogens with one attached hydrogen (secondary N) is 1. The zero-order chi connectivity index (χ0) is 15.0. The summed E-state index contributed by atoms with van der Waals surface area (Å²) in [6.07, 6.45) is 7.41. The fraction of sp³-hybridized carbons (Fsp3) is 0.167. The molecule has 0 aliphatic carbocycles. The van der Waals surface area contributed by atoms with Crippen molar-refractivity contribution in [2.75, 3.05) is 6.54 Å². The highest BCUT2D eigenvalue weighted by Gasteiger charge is 2.07. The molecule has 20 heavy (non-hydrogen) atoms. The number of allylic oxidation sites excluding steroid dienone is 4. The summed E-state index contributed by atoms with van der Waals surface area (Å²) in [6.45, 7) is 11.9. The van der Waals surface area contributed by atoms with E-state index in [1.165, 1.54) is 0 Å². The van der Waals surface area contributed by atoms with E-state index in [0.717, 1.165) is 16.7 Å². The highest BCUT2D eigenvalue weighted by atomic mass is 16.1. The molecule has 1 amide bonds. The summed E-state index contributed by atoms with van der Waals surface area (Å²) in [4.78, 5) is 12.1. The maximum atomic E-state index is 12.1. The van der Waals surface area contributed by atoms with Crippen molar-refractivity contribution in [3.63, 3.8) is 0 Å². The average Bonchev–Trinajstić information content (AvgIpc) is 2.45. The number of carbonyl (C=O) groups is 1. The van der Waals surface area contributed by atoms with Crippen molar-refractivity contribution in [2.45, 2.75) is 13.8 Å². The fourth-order valence-electron chi connectivity index (χ4n) is 1.65. The fourth-order valence-corrected chi connectivity index (χ4v) is 1.65. The quantitative estimate of drug-likeness (QED) is 0.776. The van der Waals surface area contributed by atoms with E-state index in [1.807, 2.05) is 56.3 Å². The van der Waals surface area contributed by atoms with Gasteiger partial charge in [0.2, 0.25) is 0 Å². The van der Waals surface area contributed by atoms with Gasteiger partial charge in [-0.3, -0.25) is 4.79 Å². The second kappa shape index (κ2) is 7.95. The molecule has 1 aromatic rings. The van der Waals surface area contributed by atoms with E-state index in [9.17, 15) is 4.79 Å². The Hall–Kier alpha value is -2.35. The van der Waals surface area contributed by atoms with Crippen molar-refractivity contribution in [2.24, 2.45) is 0 Å². The lowest BCUT2D eigenvalue weighted by molar-refractivity contribution is 0.0956. The van der Waals surface area contributed by atoms with Crippen LogP contribution in [0.3, 0.4) is 0 Å². The predicted molar refractivity (Wildman–Crippen MR) is 85.7 cm³/mol. The Labute approximate surface area is 121 Å². The van der Waals surface area contributed by atoms with Gasteiger partial charge >= 0.3 is 0 Å². The zero-order valence-electron chi connectivity index (χ0n) is 12.1. The number of rotatable bonds is 6. The first-order chi connectivity index (χ1) is 9.56. The molecule has 0 radical (unpaired) electrons. The Morgan fingerprint density at radius 1 is 1.30 bits per heavy atom. The summed E-state index contributed by atoms with van der Waals surface area (Å²) in [5, 5.41) is 2.89. The number of carbonyl (C=O) groups excluding carboxylic acids is 1. The molecule has 0 saturated carbocycles. The summed E-state index contributed by atoms with van der Waals surface area (Å²) in [5.41, 5.74) is 3.60. The van der Waals surface area contributed by atoms with Gasteiger partial charge in [-0.1, -0.05) is 55.7 Å². The maximum absolute atomic E-state index is 12.1. The van der Waals surface area contributed by atoms with Gasteiger partial charge in [0.1, 0.15) is 0 Å². The van der Waals surface area contributed by atoms with E-state index in [2.05, 4.69) is 18.5 Å². The molecule has 0 fully saturated rings. The number of aryl methyl sites for hydroxylation is 1. The van der Waals surface area contributed by atoms with Crippen LogP contribution in [-0.4, -0.2) is 12.5 Å². The van der Waals surface area contributed by atoms with Gasteiger partial charge in [-0.25, -0.2) is 0 Å². The summed E-state index contributed by atoms with van der Waals surface area (Å²) < 4.78 is 0. The first kappa shape index (κ1) is 15.7. The lowest BCUT2D eigenvalue weighted by atomic mass is 10.1. The molecule has 104 valence electrons. The maximum Gasteiger partial charge on any atom is 0.251 e. The van der Waals surface area contributed by atoms with Crippen LogP contribution in [0.15, 0.2) is 72.9 Å². The zero-order valence-corrected chi connectivity index (χ0v) is 12.1. The highest BCUT2D eigenvalue weighted by Crippen LogP contribution is 2.09. The third kappa shape index (κ3) is 4.73. The molecule has 0 aromatic heterocycles. The van der Waals surface area contributed by atoms with E-state index in [0.29, 0.717) is 12.1 Å². The van der Waals surface area contributed by atoms with Crippen molar-refractivity contribution < 1.29 is 4.79 Å². The van der Waals surface area contributed by atoms with Crippen molar-refractivity contribution in [3.05, 3.63) is 84.0 Å². The van der Waals surface area contributed by atoms with Gasteiger partial charge in [0, 0.05) is 12.1 Å². The van der Waals surface area contributed by atoms with Gasteiger partial charge in [0.15, 0.2) is 0 Å². The van der Waals surface area contributed by atoms with E-state index in [-0.39, 0.29) is 5.91 Å². The van der Waals surface area contributed by atoms with Crippen LogP contribution in [0.4, 0.5) is 0 Å². The molecule has 0 heterocycles. The lowest BCUT2D eigenvalue weighted by Gasteiger charge is -2.09. The molecular weight excluding hydrogens is 246 g/mol. The van der Waals surface area contributed by atoms with Crippen LogP contribution in [0, 0.1) is 6.92 Å². The summed E-state index contributed by atoms with van der Waals surface area (Å²) in [7, 11) is 0. The van der Waals surface area contributed by atoms with Crippen LogP contribution in [-0.2, 0) is 0 Å². The third-order valence-electron chi connectivity index (χ3n) is 3.00. The molecule has 0 spiro atoms. The van der Waals surface area contributed by atoms with Crippen LogP contribution in [0.25, 0.3) is 0 Å². The van der Waals surface area contributed by atoms with Gasteiger partial charge in [-0.2, -0.15) is 0 Å². The standard InChI is InChI=1S/C18H21NO/c1-5-6-7-10-14(2)16(4)13-19-18(20)17-12-9-8-11-15(17)3/h5-12H,1,4,13H2,2-3H3,(H,19,20)/b7-6-,14-10+. The minimum absolute atomic E-state index is 0.0707. The van der Waals surface area contributed by atoms with Crippen LogP contribution in [0.2, 0.25) is 0 Å². The largest absolute Gasteiger partial charge is 0.348 e. The Morgan fingerprint density at radius 3 is 2.65 bits per heavy atom. The Bertz CT molecular complexity index is 565. The van der Waals surface area contributed by atoms with Gasteiger partial charge in [0.05, 0.1) is 0 Å². The van der Waals surface area contributed by atoms with Gasteiger partial charge < -0.3 is 5.32 Å². The number of benzene rings is 1. The van der Waals surface area contributed by atoms with Gasteiger partial charge in [0.25, 0.3) is 5.91 Å². The van der Waals surface area contributed by atoms with Crippen LogP contribution < -0.4 is 5.32 Å². The molecule has 1 rings (SSSR count). The smallest absolute Gasteiger partial charge is 0.251 e. The van der Waals surface area contributed by atoms with E-state index in [4.69, 9.17) is 0 Å². The minimum Gasteiger partial charge on any atom is -0.348 e. The normalized spacial score (nSPS) is 11.4. The predicted octanol–water partition coefficient (Wildman–Crippen LogP) is 3.97. The molecule has 0 aliphatic rings. The average molecular weight is 267 g/mol. The molecule has 2 heteroatoms. The second-order valence-electron chi connectivity index (χ2n) is 4.57. The SMILES string of the molecule is C=C/C=C\C=C(/C)C(=C)CNC(=O)c1ccccc1C. The van der Waals surface area contributed by atoms with Crippen LogP contribution >= 0.6 is 0 Å². The van der Waals surface area contributed by atoms with Crippen molar-refractivity contribution >= 4 is 5.91 Å². The van der Waals surface area contributed by atoms with Crippen LogP contribution in [0.1, 0.15) is 22.8 Å². The van der Waals surface area contributed by atoms with E-state index < -0.39 is 0 Å². The molecule has 1 N–H and O–H groups in total. The molecular formula is C18H21NO. The molecule has 0 atom stereocenters. The topological polar surface area (TPSA) is 29.1 Å². The summed E-state index contributed by atoms with van der Waals surface area (Å²) >= 11 is 0. The highest BCUT2D eigenvalue weighted by molar-refractivity contribution is 5.95. The van der Waals surface area contributed by atoms with Gasteiger partial charge in [-0.05, 0) is 36.6 Å². The summed E-state index contributed by atoms with van der Waals surface area (Å²) in [5.74, 6) is -0.0707. The summed E-state index contributed by atoms with van der Waals surface area (Å²) in [6, 6.07) is 7.53. The number of hydrogen-bond donors (Lipinski definition) is 1. The molecule has 0 bridgehead atoms. The van der Waals surface area contributed by atoms with Crippen LogP contribution in [0.5, 0.6) is 0 Å². The van der Waals surface area contributed by atoms with Gasteiger partial charge in [-0.15, -0.1) is 0 Å². The monoisotopic (exact) mass is 267 g/mol.